The molecule has 0 atom stereocenters. The summed E-state index contributed by atoms with van der Waals surface area (Å²) >= 11 is 0. The molecule has 0 fully saturated rings. The minimum atomic E-state index is 0. The first kappa shape index (κ1) is 82.1. The van der Waals surface area contributed by atoms with Gasteiger partial charge in [0.1, 0.15) is 0 Å². The molecule has 0 spiro atoms. The van der Waals surface area contributed by atoms with Gasteiger partial charge in [0, 0.05) is 0 Å². The molecule has 5 heavy (non-hydrogen) atoms. The minimum Gasteiger partial charge on any atom is -2.00 e. The molecule has 0 aliphatic rings. The van der Waals surface area contributed by atoms with Crippen LogP contribution in [0.2, 0.25) is 0 Å². The maximum atomic E-state index is 0. The van der Waals surface area contributed by atoms with Crippen LogP contribution in [0.15, 0.2) is 0 Å². The summed E-state index contributed by atoms with van der Waals surface area (Å²) < 4.78 is 0. The summed E-state index contributed by atoms with van der Waals surface area (Å²) in [5.41, 5.74) is 0. The summed E-state index contributed by atoms with van der Waals surface area (Å²) in [4.78, 5) is 0. The molecule has 0 saturated carbocycles. The Hall–Kier alpha value is 1.58. The van der Waals surface area contributed by atoms with Crippen molar-refractivity contribution in [1.82, 2.24) is 0 Å². The number of halogens is 2. The maximum Gasteiger partial charge on any atom is 2.00 e. The number of rotatable bonds is 0. The van der Waals surface area contributed by atoms with Crippen LogP contribution in [0, 0.1) is 0 Å². The smallest absolute Gasteiger partial charge is 2.00 e. The van der Waals surface area contributed by atoms with Gasteiger partial charge in [-0.15, -0.1) is 0 Å². The minimum absolute atomic E-state index is 0. The van der Waals surface area contributed by atoms with E-state index in [0.717, 1.165) is 0 Å². The van der Waals surface area contributed by atoms with E-state index in [1.807, 2.05) is 0 Å². The summed E-state index contributed by atoms with van der Waals surface area (Å²) in [7, 11) is 0. The Labute approximate surface area is 64.3 Å². The number of hydrogen-bond acceptors (Lipinski definition) is 0. The van der Waals surface area contributed by atoms with Crippen LogP contribution in [0.3, 0.4) is 0 Å². The van der Waals surface area contributed by atoms with E-state index in [9.17, 15) is 0 Å². The zero-order valence-corrected chi connectivity index (χ0v) is 5.16. The molecule has 0 bridgehead atoms. The summed E-state index contributed by atoms with van der Waals surface area (Å²) in [5, 5.41) is 0. The van der Waals surface area contributed by atoms with Crippen molar-refractivity contribution >= 4 is 0 Å². The molecule has 5 heteroatoms. The van der Waals surface area contributed by atoms with E-state index >= 15 is 0 Å². The van der Waals surface area contributed by atoms with Crippen molar-refractivity contribution < 1.29 is 64.4 Å². The largest absolute Gasteiger partial charge is 2.00 e. The summed E-state index contributed by atoms with van der Waals surface area (Å²) in [6, 6.07) is 0. The first-order valence-corrected chi connectivity index (χ1v) is 0. The van der Waals surface area contributed by atoms with Gasteiger partial charge in [-0.2, -0.15) is 0 Å². The molecule has 0 aromatic rings. The van der Waals surface area contributed by atoms with E-state index in [4.69, 9.17) is 0 Å². The van der Waals surface area contributed by atoms with E-state index in [-0.39, 0.29) is 64.4 Å². The van der Waals surface area contributed by atoms with Crippen LogP contribution in [-0.2, 0) is 39.6 Å². The van der Waals surface area contributed by atoms with Crippen molar-refractivity contribution in [1.29, 1.82) is 0 Å². The molecule has 0 heterocycles. The normalized spacial score (nSPS) is 0. The topological polar surface area (TPSA) is 28.5 Å². The van der Waals surface area contributed by atoms with E-state index in [0.29, 0.717) is 0 Å². The standard InChI is InChI=1S/2ClH.2Cu.O/h2*1H;;;/q;;2*+2;-2/p-2. The molecular weight excluding hydrogens is 214 g/mol. The first-order chi connectivity index (χ1) is 0. The third-order valence-corrected chi connectivity index (χ3v) is 0. The van der Waals surface area contributed by atoms with Crippen molar-refractivity contribution in [3.8, 4) is 0 Å². The van der Waals surface area contributed by atoms with Crippen molar-refractivity contribution in [2.45, 2.75) is 0 Å². The van der Waals surface area contributed by atoms with Gasteiger partial charge in [0.05, 0.1) is 0 Å². The Morgan fingerprint density at radius 1 is 0.600 bits per heavy atom. The Balaban J connectivity index is 0. The van der Waals surface area contributed by atoms with E-state index < -0.39 is 0 Å². The average Bonchev–Trinajstić information content (AvgIpc) is 0. The summed E-state index contributed by atoms with van der Waals surface area (Å²) in [5.74, 6) is 0. The third kappa shape index (κ3) is 28.7. The molecule has 0 aliphatic carbocycles. The van der Waals surface area contributed by atoms with Crippen LogP contribution < -0.4 is 24.8 Å². The zero-order chi connectivity index (χ0) is 0. The molecule has 42 valence electrons. The van der Waals surface area contributed by atoms with Gasteiger partial charge in [-0.1, -0.05) is 0 Å². The van der Waals surface area contributed by atoms with Gasteiger partial charge >= 0.3 is 34.1 Å². The molecule has 0 amide bonds. The van der Waals surface area contributed by atoms with Crippen LogP contribution in [0.1, 0.15) is 0 Å². The Kier molecular flexibility index (Phi) is 771. The average molecular weight is 214 g/mol. The van der Waals surface area contributed by atoms with E-state index in [1.165, 1.54) is 0 Å². The van der Waals surface area contributed by atoms with Gasteiger partial charge in [0.2, 0.25) is 0 Å². The second-order valence-corrected chi connectivity index (χ2v) is 0. The maximum absolute atomic E-state index is 0. The SMILES string of the molecule is [Cl-].[Cl-].[Cu+2].[Cu+2].[O-2]. The van der Waals surface area contributed by atoms with Crippen molar-refractivity contribution in [2.24, 2.45) is 0 Å². The molecule has 0 aromatic carbocycles. The summed E-state index contributed by atoms with van der Waals surface area (Å²) in [6.45, 7) is 0. The second-order valence-electron chi connectivity index (χ2n) is 0. The van der Waals surface area contributed by atoms with Gasteiger partial charge in [0.15, 0.2) is 0 Å². The van der Waals surface area contributed by atoms with Crippen molar-refractivity contribution in [3.63, 3.8) is 0 Å². The van der Waals surface area contributed by atoms with Gasteiger partial charge < -0.3 is 30.3 Å². The van der Waals surface area contributed by atoms with Gasteiger partial charge in [-0.3, -0.25) is 0 Å². The Morgan fingerprint density at radius 3 is 0.600 bits per heavy atom. The van der Waals surface area contributed by atoms with Crippen LogP contribution in [0.4, 0.5) is 0 Å². The molecule has 0 saturated heterocycles. The Bertz CT molecular complexity index is 7.61. The Morgan fingerprint density at radius 2 is 0.600 bits per heavy atom. The molecule has 1 nitrogen and oxygen atoms in total. The van der Waals surface area contributed by atoms with E-state index in [1.54, 1.807) is 0 Å². The number of hydrogen-bond donors (Lipinski definition) is 0. The fourth-order valence-corrected chi connectivity index (χ4v) is 0. The monoisotopic (exact) mass is 212 g/mol. The van der Waals surface area contributed by atoms with Crippen LogP contribution in [0.5, 0.6) is 0 Å². The summed E-state index contributed by atoms with van der Waals surface area (Å²) in [6.07, 6.45) is 0. The molecule has 0 N–H and O–H groups in total. The first-order valence-electron chi connectivity index (χ1n) is 0. The van der Waals surface area contributed by atoms with E-state index in [2.05, 4.69) is 0 Å². The van der Waals surface area contributed by atoms with Crippen LogP contribution in [0.25, 0.3) is 0 Å². The molecule has 0 aliphatic heterocycles. The van der Waals surface area contributed by atoms with Crippen molar-refractivity contribution in [2.75, 3.05) is 0 Å². The second kappa shape index (κ2) is 46.9. The molecule has 0 unspecified atom stereocenters. The predicted octanol–water partition coefficient (Wildman–Crippen LogP) is -6.12. The third-order valence-electron chi connectivity index (χ3n) is 0. The quantitative estimate of drug-likeness (QED) is 0.359. The molecule has 0 rings (SSSR count). The van der Waals surface area contributed by atoms with Gasteiger partial charge in [0.25, 0.3) is 0 Å². The fourth-order valence-electron chi connectivity index (χ4n) is 0. The zero-order valence-electron chi connectivity index (χ0n) is 1.77. The van der Waals surface area contributed by atoms with Crippen LogP contribution in [-0.4, -0.2) is 0 Å². The predicted molar refractivity (Wildman–Crippen MR) is 0.686 cm³/mol. The fraction of sp³-hybridized carbons (Fsp3) is 0. The van der Waals surface area contributed by atoms with Gasteiger partial charge in [-0.25, -0.2) is 0 Å². The molecule has 0 aromatic heterocycles. The van der Waals surface area contributed by atoms with Crippen LogP contribution >= 0.6 is 0 Å². The molecule has 2 radical (unpaired) electrons. The van der Waals surface area contributed by atoms with Gasteiger partial charge in [-0.05, 0) is 0 Å². The van der Waals surface area contributed by atoms with Crippen molar-refractivity contribution in [3.05, 3.63) is 0 Å². The molecular formula is Cl2Cu2O.